The van der Waals surface area contributed by atoms with Crippen molar-refractivity contribution in [3.05, 3.63) is 28.8 Å². The van der Waals surface area contributed by atoms with E-state index in [1.807, 2.05) is 0 Å². The first-order chi connectivity index (χ1) is 13.2. The minimum Gasteiger partial charge on any atom is -0.324 e. The summed E-state index contributed by atoms with van der Waals surface area (Å²) in [6.45, 7) is 1.45. The number of nitrogens with zero attached hydrogens (tertiary/aromatic N) is 3. The van der Waals surface area contributed by atoms with Gasteiger partial charge in [-0.05, 0) is 25.0 Å². The number of hydrogen-bond donors (Lipinski definition) is 1. The molecule has 2 amide bonds. The Kier molecular flexibility index (Phi) is 6.15. The van der Waals surface area contributed by atoms with E-state index in [1.165, 1.54) is 19.1 Å². The lowest BCUT2D eigenvalue weighted by Gasteiger charge is -2.15. The van der Waals surface area contributed by atoms with Crippen molar-refractivity contribution < 1.29 is 22.8 Å². The van der Waals surface area contributed by atoms with Crippen molar-refractivity contribution in [1.82, 2.24) is 10.2 Å². The van der Waals surface area contributed by atoms with Gasteiger partial charge in [-0.2, -0.15) is 13.2 Å². The fourth-order valence-electron chi connectivity index (χ4n) is 2.43. The molecule has 1 heterocycles. The molecular weight excluding hydrogens is 437 g/mol. The van der Waals surface area contributed by atoms with Gasteiger partial charge in [0.2, 0.25) is 16.9 Å². The van der Waals surface area contributed by atoms with Crippen molar-refractivity contribution in [2.75, 3.05) is 16.0 Å². The number of carbonyl (C=O) groups excluding carboxylic acids is 2. The molecule has 2 aromatic rings. The van der Waals surface area contributed by atoms with Crippen molar-refractivity contribution in [3.63, 3.8) is 0 Å². The molecule has 1 aliphatic carbocycles. The molecule has 0 bridgehead atoms. The maximum Gasteiger partial charge on any atom is 0.418 e. The van der Waals surface area contributed by atoms with Crippen LogP contribution in [0, 0.1) is 0 Å². The van der Waals surface area contributed by atoms with Gasteiger partial charge in [0, 0.05) is 13.0 Å². The zero-order valence-electron chi connectivity index (χ0n) is 14.4. The van der Waals surface area contributed by atoms with Crippen LogP contribution in [0.3, 0.4) is 0 Å². The minimum absolute atomic E-state index is 0.132. The molecule has 1 aromatic carbocycles. The number of benzene rings is 1. The van der Waals surface area contributed by atoms with Gasteiger partial charge in [0.15, 0.2) is 4.34 Å². The summed E-state index contributed by atoms with van der Waals surface area (Å²) >= 11 is 8.00. The predicted octanol–water partition coefficient (Wildman–Crippen LogP) is 4.46. The van der Waals surface area contributed by atoms with E-state index in [0.29, 0.717) is 9.47 Å². The summed E-state index contributed by atoms with van der Waals surface area (Å²) in [4.78, 5) is 25.4. The van der Waals surface area contributed by atoms with Crippen LogP contribution < -0.4 is 10.2 Å². The molecule has 1 saturated carbocycles. The third kappa shape index (κ3) is 4.95. The second-order valence-electron chi connectivity index (χ2n) is 5.97. The van der Waals surface area contributed by atoms with Gasteiger partial charge in [0.1, 0.15) is 0 Å². The number of hydrogen-bond acceptors (Lipinski definition) is 6. The minimum atomic E-state index is -4.65. The van der Waals surface area contributed by atoms with Crippen LogP contribution in [0.25, 0.3) is 0 Å². The maximum absolute atomic E-state index is 13.1. The number of halogens is 4. The molecule has 28 heavy (non-hydrogen) atoms. The van der Waals surface area contributed by atoms with Gasteiger partial charge in [-0.3, -0.25) is 14.5 Å². The number of alkyl halides is 3. The summed E-state index contributed by atoms with van der Waals surface area (Å²) in [7, 11) is 0. The smallest absolute Gasteiger partial charge is 0.324 e. The highest BCUT2D eigenvalue weighted by atomic mass is 35.5. The SMILES string of the molecule is CC(=O)N(c1nnc(SCC(=O)Nc2c(Cl)cccc2C(F)(F)F)s1)C1CC1. The molecule has 1 N–H and O–H groups in total. The predicted molar refractivity (Wildman–Crippen MR) is 102 cm³/mol. The van der Waals surface area contributed by atoms with Crippen molar-refractivity contribution in [2.24, 2.45) is 0 Å². The van der Waals surface area contributed by atoms with Gasteiger partial charge in [0.05, 0.1) is 22.0 Å². The van der Waals surface area contributed by atoms with Gasteiger partial charge in [-0.15, -0.1) is 10.2 Å². The number of para-hydroxylation sites is 1. The lowest BCUT2D eigenvalue weighted by molar-refractivity contribution is -0.137. The third-order valence-electron chi connectivity index (χ3n) is 3.76. The maximum atomic E-state index is 13.1. The van der Waals surface area contributed by atoms with Crippen LogP contribution >= 0.6 is 34.7 Å². The van der Waals surface area contributed by atoms with E-state index in [0.717, 1.165) is 42.0 Å². The first-order valence-electron chi connectivity index (χ1n) is 8.08. The van der Waals surface area contributed by atoms with Crippen molar-refractivity contribution in [3.8, 4) is 0 Å². The molecular formula is C16H14ClF3N4O2S2. The van der Waals surface area contributed by atoms with Crippen LogP contribution in [-0.4, -0.2) is 33.8 Å². The molecule has 1 aromatic heterocycles. The fourth-order valence-corrected chi connectivity index (χ4v) is 4.41. The topological polar surface area (TPSA) is 75.2 Å². The van der Waals surface area contributed by atoms with E-state index in [1.54, 1.807) is 4.90 Å². The van der Waals surface area contributed by atoms with Crippen LogP contribution in [0.5, 0.6) is 0 Å². The summed E-state index contributed by atoms with van der Waals surface area (Å²) in [6, 6.07) is 3.41. The highest BCUT2D eigenvalue weighted by Crippen LogP contribution is 2.39. The largest absolute Gasteiger partial charge is 0.418 e. The molecule has 0 saturated heterocycles. The molecule has 12 heteroatoms. The molecule has 1 fully saturated rings. The van der Waals surface area contributed by atoms with Gasteiger partial charge in [-0.1, -0.05) is 40.8 Å². The second kappa shape index (κ2) is 8.26. The number of rotatable bonds is 6. The van der Waals surface area contributed by atoms with Crippen molar-refractivity contribution in [1.29, 1.82) is 0 Å². The van der Waals surface area contributed by atoms with E-state index in [4.69, 9.17) is 11.6 Å². The van der Waals surface area contributed by atoms with Gasteiger partial charge in [-0.25, -0.2) is 0 Å². The monoisotopic (exact) mass is 450 g/mol. The van der Waals surface area contributed by atoms with Crippen molar-refractivity contribution >= 4 is 57.3 Å². The summed E-state index contributed by atoms with van der Waals surface area (Å²) in [5.74, 6) is -0.974. The molecule has 6 nitrogen and oxygen atoms in total. The van der Waals surface area contributed by atoms with E-state index in [9.17, 15) is 22.8 Å². The Hall–Kier alpha value is -1.85. The Morgan fingerprint density at radius 1 is 1.36 bits per heavy atom. The average molecular weight is 451 g/mol. The van der Waals surface area contributed by atoms with Gasteiger partial charge < -0.3 is 5.32 Å². The average Bonchev–Trinajstić information content (AvgIpc) is 3.31. The van der Waals surface area contributed by atoms with Crippen LogP contribution in [0.4, 0.5) is 24.0 Å². The summed E-state index contributed by atoms with van der Waals surface area (Å²) in [5, 5.41) is 10.4. The molecule has 0 radical (unpaired) electrons. The highest BCUT2D eigenvalue weighted by molar-refractivity contribution is 8.01. The summed E-state index contributed by atoms with van der Waals surface area (Å²) in [5.41, 5.74) is -1.49. The van der Waals surface area contributed by atoms with E-state index in [-0.39, 0.29) is 22.7 Å². The van der Waals surface area contributed by atoms with E-state index >= 15 is 0 Å². The Bertz CT molecular complexity index is 902. The zero-order valence-corrected chi connectivity index (χ0v) is 16.8. The lowest BCUT2D eigenvalue weighted by Crippen LogP contribution is -2.30. The Balaban J connectivity index is 1.64. The number of nitrogens with one attached hydrogen (secondary N) is 1. The van der Waals surface area contributed by atoms with Crippen LogP contribution in [0.2, 0.25) is 5.02 Å². The van der Waals surface area contributed by atoms with Gasteiger partial charge in [0.25, 0.3) is 0 Å². The van der Waals surface area contributed by atoms with Gasteiger partial charge >= 0.3 is 6.18 Å². The van der Waals surface area contributed by atoms with E-state index in [2.05, 4.69) is 15.5 Å². The van der Waals surface area contributed by atoms with Crippen LogP contribution in [-0.2, 0) is 15.8 Å². The first kappa shape index (κ1) is 20.9. The van der Waals surface area contributed by atoms with Crippen molar-refractivity contribution in [2.45, 2.75) is 36.3 Å². The molecule has 0 spiro atoms. The number of thioether (sulfide) groups is 1. The van der Waals surface area contributed by atoms with Crippen LogP contribution in [0.15, 0.2) is 22.5 Å². The normalized spacial score (nSPS) is 14.0. The molecule has 1 aliphatic rings. The van der Waals surface area contributed by atoms with E-state index < -0.39 is 23.3 Å². The van der Waals surface area contributed by atoms with Crippen LogP contribution in [0.1, 0.15) is 25.3 Å². The molecule has 3 rings (SSSR count). The highest BCUT2D eigenvalue weighted by Gasteiger charge is 2.35. The molecule has 150 valence electrons. The standard InChI is InChI=1S/C16H14ClF3N4O2S2/c1-8(25)24(9-5-6-9)14-22-23-15(28-14)27-7-12(26)21-13-10(16(18,19)20)3-2-4-11(13)17/h2-4,9H,5-7H2,1H3,(H,21,26). The lowest BCUT2D eigenvalue weighted by atomic mass is 10.1. The number of aromatic nitrogens is 2. The molecule has 0 atom stereocenters. The molecule has 0 aliphatic heterocycles. The summed E-state index contributed by atoms with van der Waals surface area (Å²) < 4.78 is 39.7. The molecule has 0 unspecified atom stereocenters. The Morgan fingerprint density at radius 2 is 2.07 bits per heavy atom. The second-order valence-corrected chi connectivity index (χ2v) is 8.55. The quantitative estimate of drug-likeness (QED) is 0.519. The number of carbonyl (C=O) groups is 2. The Labute approximate surface area is 171 Å². The Morgan fingerprint density at radius 3 is 2.68 bits per heavy atom. The zero-order chi connectivity index (χ0) is 20.5. The number of amides is 2. The number of anilines is 2. The third-order valence-corrected chi connectivity index (χ3v) is 6.13. The first-order valence-corrected chi connectivity index (χ1v) is 10.3. The summed E-state index contributed by atoms with van der Waals surface area (Å²) in [6.07, 6.45) is -2.83. The fraction of sp³-hybridized carbons (Fsp3) is 0.375.